The van der Waals surface area contributed by atoms with E-state index in [1.54, 1.807) is 29.2 Å². The number of carbonyl (C=O) groups is 1. The van der Waals surface area contributed by atoms with Crippen molar-refractivity contribution in [2.45, 2.75) is 24.8 Å². The molecular formula is C24H22N2O3S2. The van der Waals surface area contributed by atoms with Crippen LogP contribution in [-0.4, -0.2) is 25.6 Å². The van der Waals surface area contributed by atoms with Crippen LogP contribution in [0.25, 0.3) is 10.2 Å². The molecule has 158 valence electrons. The number of para-hydroxylation sites is 1. The van der Waals surface area contributed by atoms with Crippen LogP contribution in [0.3, 0.4) is 0 Å². The van der Waals surface area contributed by atoms with Gasteiger partial charge in [-0.15, -0.1) is 0 Å². The first-order valence-electron chi connectivity index (χ1n) is 9.81. The van der Waals surface area contributed by atoms with Gasteiger partial charge in [-0.25, -0.2) is 13.4 Å². The summed E-state index contributed by atoms with van der Waals surface area (Å²) in [6, 6.07) is 22.3. The van der Waals surface area contributed by atoms with Crippen LogP contribution in [-0.2, 0) is 27.6 Å². The van der Waals surface area contributed by atoms with Gasteiger partial charge in [-0.2, -0.15) is 0 Å². The predicted octanol–water partition coefficient (Wildman–Crippen LogP) is 4.78. The molecule has 1 heterocycles. The Balaban J connectivity index is 1.66. The molecule has 5 nitrogen and oxygen atoms in total. The van der Waals surface area contributed by atoms with Gasteiger partial charge in [-0.1, -0.05) is 65.9 Å². The van der Waals surface area contributed by atoms with Crippen molar-refractivity contribution in [2.75, 3.05) is 11.2 Å². The van der Waals surface area contributed by atoms with Crippen LogP contribution >= 0.6 is 11.3 Å². The summed E-state index contributed by atoms with van der Waals surface area (Å²) in [5, 5.41) is 0.658. The number of anilines is 1. The van der Waals surface area contributed by atoms with E-state index in [1.807, 2.05) is 55.5 Å². The topological polar surface area (TPSA) is 67.3 Å². The van der Waals surface area contributed by atoms with Gasteiger partial charge in [0.05, 0.1) is 28.1 Å². The third-order valence-corrected chi connectivity index (χ3v) is 7.20. The van der Waals surface area contributed by atoms with Crippen molar-refractivity contribution in [3.8, 4) is 0 Å². The quantitative estimate of drug-likeness (QED) is 0.424. The Labute approximate surface area is 185 Å². The van der Waals surface area contributed by atoms with E-state index in [0.717, 1.165) is 26.9 Å². The number of amides is 1. The first-order valence-corrected chi connectivity index (χ1v) is 12.5. The van der Waals surface area contributed by atoms with E-state index in [9.17, 15) is 13.2 Å². The Bertz CT molecular complexity index is 1330. The first kappa shape index (κ1) is 21.2. The molecule has 0 fully saturated rings. The largest absolute Gasteiger partial charge is 0.283 e. The number of benzene rings is 3. The highest BCUT2D eigenvalue weighted by molar-refractivity contribution is 7.90. The summed E-state index contributed by atoms with van der Waals surface area (Å²) in [5.74, 6) is -0.0901. The number of nitrogens with zero attached hydrogens (tertiary/aromatic N) is 2. The van der Waals surface area contributed by atoms with Crippen molar-refractivity contribution < 1.29 is 13.2 Å². The summed E-state index contributed by atoms with van der Waals surface area (Å²) < 4.78 is 24.4. The van der Waals surface area contributed by atoms with E-state index in [0.29, 0.717) is 11.7 Å². The Hall–Kier alpha value is -3.03. The molecule has 0 saturated carbocycles. The zero-order valence-corrected chi connectivity index (χ0v) is 18.9. The van der Waals surface area contributed by atoms with Crippen LogP contribution in [0.15, 0.2) is 77.7 Å². The van der Waals surface area contributed by atoms with Crippen LogP contribution in [0.2, 0.25) is 0 Å². The summed E-state index contributed by atoms with van der Waals surface area (Å²) in [6.45, 7) is 2.43. The van der Waals surface area contributed by atoms with E-state index in [2.05, 4.69) is 0 Å². The van der Waals surface area contributed by atoms with E-state index in [-0.39, 0.29) is 17.2 Å². The van der Waals surface area contributed by atoms with E-state index in [4.69, 9.17) is 4.98 Å². The maximum atomic E-state index is 13.3. The fraction of sp³-hybridized carbons (Fsp3) is 0.167. The molecule has 0 saturated heterocycles. The van der Waals surface area contributed by atoms with Gasteiger partial charge >= 0.3 is 0 Å². The molecule has 0 radical (unpaired) electrons. The van der Waals surface area contributed by atoms with Crippen LogP contribution < -0.4 is 4.90 Å². The van der Waals surface area contributed by atoms with Gasteiger partial charge in [-0.3, -0.25) is 9.69 Å². The fourth-order valence-corrected chi connectivity index (χ4v) is 5.03. The van der Waals surface area contributed by atoms with E-state index in [1.165, 1.54) is 17.6 Å². The number of rotatable bonds is 6. The Morgan fingerprint density at radius 3 is 2.29 bits per heavy atom. The SMILES string of the molecule is Cc1cccc2sc(N(Cc3ccccc3)C(=O)Cc3ccc(S(C)(=O)=O)cc3)nc12. The summed E-state index contributed by atoms with van der Waals surface area (Å²) in [6.07, 6.45) is 1.33. The third-order valence-electron chi connectivity index (χ3n) is 5.03. The van der Waals surface area contributed by atoms with Crippen LogP contribution in [0, 0.1) is 6.92 Å². The molecule has 4 aromatic rings. The lowest BCUT2D eigenvalue weighted by Gasteiger charge is -2.20. The van der Waals surface area contributed by atoms with E-state index < -0.39 is 9.84 Å². The summed E-state index contributed by atoms with van der Waals surface area (Å²) in [4.78, 5) is 20.1. The normalized spacial score (nSPS) is 11.5. The lowest BCUT2D eigenvalue weighted by Crippen LogP contribution is -2.31. The number of aromatic nitrogens is 1. The number of thiazole rings is 1. The molecule has 0 aliphatic rings. The summed E-state index contributed by atoms with van der Waals surface area (Å²) in [7, 11) is -3.27. The van der Waals surface area contributed by atoms with Crippen LogP contribution in [0.5, 0.6) is 0 Å². The van der Waals surface area contributed by atoms with Gasteiger partial charge in [0.15, 0.2) is 15.0 Å². The van der Waals surface area contributed by atoms with Gasteiger partial charge in [0, 0.05) is 6.26 Å². The van der Waals surface area contributed by atoms with Gasteiger partial charge in [-0.05, 0) is 41.8 Å². The number of sulfone groups is 1. The third kappa shape index (κ3) is 4.84. The summed E-state index contributed by atoms with van der Waals surface area (Å²) >= 11 is 1.50. The van der Waals surface area contributed by atoms with Gasteiger partial charge < -0.3 is 0 Å². The van der Waals surface area contributed by atoms with Gasteiger partial charge in [0.1, 0.15) is 0 Å². The Kier molecular flexibility index (Phi) is 5.89. The van der Waals surface area contributed by atoms with Crippen molar-refractivity contribution >= 4 is 42.4 Å². The second-order valence-electron chi connectivity index (χ2n) is 7.48. The number of aryl methyl sites for hydroxylation is 1. The number of fused-ring (bicyclic) bond motifs is 1. The maximum Gasteiger partial charge on any atom is 0.233 e. The van der Waals surface area contributed by atoms with Gasteiger partial charge in [0.25, 0.3) is 0 Å². The molecule has 0 unspecified atom stereocenters. The van der Waals surface area contributed by atoms with Crippen molar-refractivity contribution in [2.24, 2.45) is 0 Å². The maximum absolute atomic E-state index is 13.3. The minimum atomic E-state index is -3.27. The Morgan fingerprint density at radius 2 is 1.65 bits per heavy atom. The number of hydrogen-bond acceptors (Lipinski definition) is 5. The highest BCUT2D eigenvalue weighted by Gasteiger charge is 2.21. The molecule has 4 rings (SSSR count). The van der Waals surface area contributed by atoms with E-state index >= 15 is 0 Å². The zero-order chi connectivity index (χ0) is 22.0. The van der Waals surface area contributed by atoms with Crippen molar-refractivity contribution in [1.29, 1.82) is 0 Å². The highest BCUT2D eigenvalue weighted by atomic mass is 32.2. The number of hydrogen-bond donors (Lipinski definition) is 0. The number of carbonyl (C=O) groups excluding carboxylic acids is 1. The van der Waals surface area contributed by atoms with Crippen molar-refractivity contribution in [3.63, 3.8) is 0 Å². The molecule has 0 N–H and O–H groups in total. The second-order valence-corrected chi connectivity index (χ2v) is 10.5. The standard InChI is InChI=1S/C24H22N2O3S2/c1-17-7-6-10-21-23(17)25-24(30-21)26(16-19-8-4-3-5-9-19)22(27)15-18-11-13-20(14-12-18)31(2,28)29/h3-14H,15-16H2,1-2H3. The van der Waals surface area contributed by atoms with Crippen molar-refractivity contribution in [1.82, 2.24) is 4.98 Å². The van der Waals surface area contributed by atoms with Crippen LogP contribution in [0.1, 0.15) is 16.7 Å². The lowest BCUT2D eigenvalue weighted by atomic mass is 10.1. The Morgan fingerprint density at radius 1 is 0.935 bits per heavy atom. The molecule has 0 aliphatic heterocycles. The molecule has 1 amide bonds. The predicted molar refractivity (Wildman–Crippen MR) is 125 cm³/mol. The second kappa shape index (κ2) is 8.61. The molecule has 0 bridgehead atoms. The molecule has 3 aromatic carbocycles. The van der Waals surface area contributed by atoms with Gasteiger partial charge in [0.2, 0.25) is 5.91 Å². The van der Waals surface area contributed by atoms with Crippen LogP contribution in [0.4, 0.5) is 5.13 Å². The molecule has 0 aliphatic carbocycles. The molecule has 0 atom stereocenters. The average molecular weight is 451 g/mol. The molecular weight excluding hydrogens is 428 g/mol. The molecule has 31 heavy (non-hydrogen) atoms. The molecule has 1 aromatic heterocycles. The highest BCUT2D eigenvalue weighted by Crippen LogP contribution is 2.32. The summed E-state index contributed by atoms with van der Waals surface area (Å²) in [5.41, 5.74) is 3.75. The monoisotopic (exact) mass is 450 g/mol. The van der Waals surface area contributed by atoms with Crippen molar-refractivity contribution in [3.05, 3.63) is 89.5 Å². The fourth-order valence-electron chi connectivity index (χ4n) is 3.34. The minimum Gasteiger partial charge on any atom is -0.283 e. The molecule has 7 heteroatoms. The first-order chi connectivity index (χ1) is 14.8. The smallest absolute Gasteiger partial charge is 0.233 e. The average Bonchev–Trinajstić information content (AvgIpc) is 3.18. The zero-order valence-electron chi connectivity index (χ0n) is 17.3. The lowest BCUT2D eigenvalue weighted by molar-refractivity contribution is -0.118. The minimum absolute atomic E-state index is 0.0901. The molecule has 0 spiro atoms.